The number of nitrogens with one attached hydrogen (secondary N) is 1. The van der Waals surface area contributed by atoms with Gasteiger partial charge in [0.15, 0.2) is 5.96 Å². The third kappa shape index (κ3) is 4.33. The number of aryl methyl sites for hydroxylation is 1. The van der Waals surface area contributed by atoms with Crippen molar-refractivity contribution in [3.63, 3.8) is 0 Å². The van der Waals surface area contributed by atoms with E-state index in [2.05, 4.69) is 60.7 Å². The summed E-state index contributed by atoms with van der Waals surface area (Å²) in [7, 11) is 0. The highest BCUT2D eigenvalue weighted by Crippen LogP contribution is 2.27. The molecule has 21 heavy (non-hydrogen) atoms. The largest absolute Gasteiger partial charge is 0.370 e. The molecule has 1 aromatic carbocycles. The van der Waals surface area contributed by atoms with E-state index in [-0.39, 0.29) is 5.41 Å². The molecule has 0 saturated heterocycles. The Morgan fingerprint density at radius 1 is 1.29 bits per heavy atom. The number of rotatable bonds is 5. The fourth-order valence-electron chi connectivity index (χ4n) is 2.08. The Morgan fingerprint density at radius 2 is 2.10 bits per heavy atom. The highest BCUT2D eigenvalue weighted by molar-refractivity contribution is 7.10. The first-order valence-corrected chi connectivity index (χ1v) is 8.09. The highest BCUT2D eigenvalue weighted by Gasteiger charge is 2.21. The van der Waals surface area contributed by atoms with Crippen molar-refractivity contribution < 1.29 is 0 Å². The lowest BCUT2D eigenvalue weighted by Gasteiger charge is -2.21. The standard InChI is InChI=1S/C17H23N3S/c1-4-13-7-5-8-14(11-13)20-16(18)19-12-17(2,3)15-9-6-10-21-15/h5-11H,4,12H2,1-3H3,(H3,18,19,20). The number of hydrogen-bond acceptors (Lipinski definition) is 2. The predicted octanol–water partition coefficient (Wildman–Crippen LogP) is 4.01. The predicted molar refractivity (Wildman–Crippen MR) is 93.3 cm³/mol. The van der Waals surface area contributed by atoms with Crippen LogP contribution in [0.1, 0.15) is 31.2 Å². The molecule has 112 valence electrons. The first-order valence-electron chi connectivity index (χ1n) is 7.21. The molecule has 3 N–H and O–H groups in total. The third-order valence-electron chi connectivity index (χ3n) is 3.44. The van der Waals surface area contributed by atoms with Gasteiger partial charge in [-0.25, -0.2) is 0 Å². The summed E-state index contributed by atoms with van der Waals surface area (Å²) in [5.74, 6) is 0.466. The summed E-state index contributed by atoms with van der Waals surface area (Å²) in [6.07, 6.45) is 1.01. The second kappa shape index (κ2) is 6.76. The molecule has 0 radical (unpaired) electrons. The molecular formula is C17H23N3S. The van der Waals surface area contributed by atoms with Crippen LogP contribution in [0, 0.1) is 0 Å². The van der Waals surface area contributed by atoms with Gasteiger partial charge < -0.3 is 11.1 Å². The number of nitrogens with two attached hydrogens (primary N) is 1. The van der Waals surface area contributed by atoms with E-state index in [1.165, 1.54) is 10.4 Å². The lowest BCUT2D eigenvalue weighted by Crippen LogP contribution is -2.27. The number of thiophene rings is 1. The van der Waals surface area contributed by atoms with Crippen molar-refractivity contribution >= 4 is 23.0 Å². The van der Waals surface area contributed by atoms with Gasteiger partial charge in [-0.1, -0.05) is 39.0 Å². The van der Waals surface area contributed by atoms with Crippen LogP contribution in [0.5, 0.6) is 0 Å². The second-order valence-electron chi connectivity index (χ2n) is 5.74. The van der Waals surface area contributed by atoms with E-state index in [1.807, 2.05) is 12.1 Å². The maximum absolute atomic E-state index is 6.00. The molecule has 4 heteroatoms. The van der Waals surface area contributed by atoms with E-state index in [9.17, 15) is 0 Å². The Morgan fingerprint density at radius 3 is 2.76 bits per heavy atom. The molecule has 3 nitrogen and oxygen atoms in total. The zero-order chi connectivity index (χ0) is 15.3. The molecule has 2 aromatic rings. The van der Waals surface area contributed by atoms with E-state index in [4.69, 9.17) is 5.73 Å². The van der Waals surface area contributed by atoms with Gasteiger partial charge in [-0.3, -0.25) is 4.99 Å². The van der Waals surface area contributed by atoms with Gasteiger partial charge in [0.05, 0.1) is 6.54 Å². The first kappa shape index (κ1) is 15.6. The fraction of sp³-hybridized carbons (Fsp3) is 0.353. The van der Waals surface area contributed by atoms with E-state index in [1.54, 1.807) is 11.3 Å². The normalized spacial score (nSPS) is 12.4. The number of nitrogens with zero attached hydrogens (tertiary/aromatic N) is 1. The van der Waals surface area contributed by atoms with Gasteiger partial charge in [-0.05, 0) is 35.6 Å². The fourth-order valence-corrected chi connectivity index (χ4v) is 2.93. The van der Waals surface area contributed by atoms with Crippen LogP contribution in [0.25, 0.3) is 0 Å². The van der Waals surface area contributed by atoms with Crippen molar-refractivity contribution in [2.24, 2.45) is 10.7 Å². The van der Waals surface area contributed by atoms with E-state index >= 15 is 0 Å². The van der Waals surface area contributed by atoms with Crippen LogP contribution < -0.4 is 11.1 Å². The zero-order valence-electron chi connectivity index (χ0n) is 12.9. The van der Waals surface area contributed by atoms with Crippen molar-refractivity contribution in [1.29, 1.82) is 0 Å². The molecule has 0 aliphatic heterocycles. The Kier molecular flexibility index (Phi) is 5.02. The summed E-state index contributed by atoms with van der Waals surface area (Å²) < 4.78 is 0. The lowest BCUT2D eigenvalue weighted by molar-refractivity contribution is 0.551. The van der Waals surface area contributed by atoms with Gasteiger partial charge in [-0.2, -0.15) is 0 Å². The minimum atomic E-state index is 0.00569. The summed E-state index contributed by atoms with van der Waals surface area (Å²) in [5, 5.41) is 5.26. The Labute approximate surface area is 130 Å². The molecule has 0 unspecified atom stereocenters. The van der Waals surface area contributed by atoms with Crippen molar-refractivity contribution in [3.05, 3.63) is 52.2 Å². The second-order valence-corrected chi connectivity index (χ2v) is 6.69. The molecule has 0 amide bonds. The summed E-state index contributed by atoms with van der Waals surface area (Å²) in [6.45, 7) is 7.18. The van der Waals surface area contributed by atoms with Gasteiger partial charge in [0, 0.05) is 16.0 Å². The molecule has 0 bridgehead atoms. The number of guanidine groups is 1. The van der Waals surface area contributed by atoms with Crippen LogP contribution in [0.15, 0.2) is 46.8 Å². The van der Waals surface area contributed by atoms with Crippen LogP contribution in [-0.2, 0) is 11.8 Å². The summed E-state index contributed by atoms with van der Waals surface area (Å²) in [5.41, 5.74) is 8.28. The molecule has 2 rings (SSSR count). The van der Waals surface area contributed by atoms with Gasteiger partial charge in [0.2, 0.25) is 0 Å². The SMILES string of the molecule is CCc1cccc(NC(N)=NCC(C)(C)c2cccs2)c1. The van der Waals surface area contributed by atoms with E-state index in [0.717, 1.165) is 12.1 Å². The average molecular weight is 301 g/mol. The molecule has 1 heterocycles. The molecule has 1 aromatic heterocycles. The first-order chi connectivity index (χ1) is 10.0. The van der Waals surface area contributed by atoms with Crippen molar-refractivity contribution in [2.45, 2.75) is 32.6 Å². The molecule has 0 aliphatic carbocycles. The van der Waals surface area contributed by atoms with Crippen molar-refractivity contribution in [1.82, 2.24) is 0 Å². The number of hydrogen-bond donors (Lipinski definition) is 2. The molecule has 0 fully saturated rings. The monoisotopic (exact) mass is 301 g/mol. The van der Waals surface area contributed by atoms with Crippen LogP contribution in [0.3, 0.4) is 0 Å². The third-order valence-corrected chi connectivity index (χ3v) is 4.68. The number of anilines is 1. The van der Waals surface area contributed by atoms with Gasteiger partial charge in [0.1, 0.15) is 0 Å². The Balaban J connectivity index is 2.01. The van der Waals surface area contributed by atoms with Gasteiger partial charge >= 0.3 is 0 Å². The summed E-state index contributed by atoms with van der Waals surface area (Å²) in [6, 6.07) is 12.5. The maximum atomic E-state index is 6.00. The minimum Gasteiger partial charge on any atom is -0.370 e. The maximum Gasteiger partial charge on any atom is 0.193 e. The van der Waals surface area contributed by atoms with Crippen LogP contribution >= 0.6 is 11.3 Å². The van der Waals surface area contributed by atoms with Gasteiger partial charge in [-0.15, -0.1) is 11.3 Å². The quantitative estimate of drug-likeness (QED) is 0.647. The molecule has 0 atom stereocenters. The smallest absolute Gasteiger partial charge is 0.193 e. The van der Waals surface area contributed by atoms with Crippen LogP contribution in [0.2, 0.25) is 0 Å². The highest BCUT2D eigenvalue weighted by atomic mass is 32.1. The van der Waals surface area contributed by atoms with Crippen LogP contribution in [-0.4, -0.2) is 12.5 Å². The Bertz CT molecular complexity index is 600. The van der Waals surface area contributed by atoms with E-state index < -0.39 is 0 Å². The van der Waals surface area contributed by atoms with Crippen LogP contribution in [0.4, 0.5) is 5.69 Å². The molecular weight excluding hydrogens is 278 g/mol. The molecule has 0 aliphatic rings. The van der Waals surface area contributed by atoms with Gasteiger partial charge in [0.25, 0.3) is 0 Å². The summed E-state index contributed by atoms with van der Waals surface area (Å²) in [4.78, 5) is 5.82. The van der Waals surface area contributed by atoms with Crippen molar-refractivity contribution in [2.75, 3.05) is 11.9 Å². The van der Waals surface area contributed by atoms with E-state index in [0.29, 0.717) is 12.5 Å². The molecule has 0 saturated carbocycles. The zero-order valence-corrected chi connectivity index (χ0v) is 13.7. The van der Waals surface area contributed by atoms with Crippen molar-refractivity contribution in [3.8, 4) is 0 Å². The summed E-state index contributed by atoms with van der Waals surface area (Å²) >= 11 is 1.76. The lowest BCUT2D eigenvalue weighted by atomic mass is 9.92. The molecule has 0 spiro atoms. The number of benzene rings is 1. The topological polar surface area (TPSA) is 50.4 Å². The Hall–Kier alpha value is -1.81. The average Bonchev–Trinajstić information content (AvgIpc) is 3.00. The minimum absolute atomic E-state index is 0.00569. The number of aliphatic imine (C=N–C) groups is 1.